The van der Waals surface area contributed by atoms with E-state index >= 15 is 0 Å². The third-order valence-corrected chi connectivity index (χ3v) is 3.60. The van der Waals surface area contributed by atoms with Gasteiger partial charge in [0.15, 0.2) is 0 Å². The molecule has 1 fully saturated rings. The molecule has 0 radical (unpaired) electrons. The molecule has 3 rings (SSSR count). The predicted octanol–water partition coefficient (Wildman–Crippen LogP) is 4.08. The summed E-state index contributed by atoms with van der Waals surface area (Å²) >= 11 is 6.10. The van der Waals surface area contributed by atoms with E-state index in [1.807, 2.05) is 18.0 Å². The summed E-state index contributed by atoms with van der Waals surface area (Å²) in [5.74, 6) is 2.23. The first kappa shape index (κ1) is 12.4. The van der Waals surface area contributed by atoms with Crippen molar-refractivity contribution in [3.63, 3.8) is 0 Å². The van der Waals surface area contributed by atoms with Crippen molar-refractivity contribution in [2.45, 2.75) is 25.7 Å². The molecule has 3 nitrogen and oxygen atoms in total. The van der Waals surface area contributed by atoms with E-state index in [2.05, 4.69) is 41.2 Å². The quantitative estimate of drug-likeness (QED) is 0.789. The Balaban J connectivity index is 1.94. The van der Waals surface area contributed by atoms with Gasteiger partial charge in [0, 0.05) is 24.7 Å². The average molecular weight is 274 g/mol. The molecule has 2 aromatic rings. The molecule has 0 N–H and O–H groups in total. The first-order valence-electron chi connectivity index (χ1n) is 6.48. The lowest BCUT2D eigenvalue weighted by Crippen LogP contribution is -2.12. The van der Waals surface area contributed by atoms with Crippen LogP contribution < -0.4 is 4.90 Å². The second kappa shape index (κ2) is 4.82. The summed E-state index contributed by atoms with van der Waals surface area (Å²) in [6, 6.07) is 10.2. The maximum Gasteiger partial charge on any atom is 0.137 e. The second-order valence-corrected chi connectivity index (χ2v) is 5.46. The van der Waals surface area contributed by atoms with E-state index in [0.717, 1.165) is 17.3 Å². The standard InChI is InChI=1S/C15H16ClN3/c1-10-3-7-12(8-4-10)19(2)14-9-13(16)17-15(18-14)11-5-6-11/h3-4,7-9,11H,5-6H2,1-2H3. The van der Waals surface area contributed by atoms with Gasteiger partial charge in [-0.15, -0.1) is 0 Å². The number of hydrogen-bond acceptors (Lipinski definition) is 3. The van der Waals surface area contributed by atoms with Crippen molar-refractivity contribution in [1.82, 2.24) is 9.97 Å². The molecule has 0 saturated heterocycles. The Labute approximate surface area is 118 Å². The van der Waals surface area contributed by atoms with Gasteiger partial charge in [-0.05, 0) is 31.9 Å². The molecule has 0 aliphatic heterocycles. The van der Waals surface area contributed by atoms with Crippen LogP contribution >= 0.6 is 11.6 Å². The van der Waals surface area contributed by atoms with Gasteiger partial charge in [0.25, 0.3) is 0 Å². The Bertz CT molecular complexity index is 591. The van der Waals surface area contributed by atoms with Gasteiger partial charge in [-0.25, -0.2) is 9.97 Å². The smallest absolute Gasteiger partial charge is 0.137 e. The summed E-state index contributed by atoms with van der Waals surface area (Å²) in [7, 11) is 2.00. The minimum absolute atomic E-state index is 0.504. The van der Waals surface area contributed by atoms with Gasteiger partial charge < -0.3 is 4.90 Å². The molecule has 0 unspecified atom stereocenters. The normalized spacial score (nSPS) is 14.5. The van der Waals surface area contributed by atoms with Gasteiger partial charge in [0.05, 0.1) is 0 Å². The van der Waals surface area contributed by atoms with Crippen LogP contribution in [0.5, 0.6) is 0 Å². The lowest BCUT2D eigenvalue weighted by Gasteiger charge is -2.19. The molecule has 1 aliphatic carbocycles. The summed E-state index contributed by atoms with van der Waals surface area (Å²) in [4.78, 5) is 11.0. The van der Waals surface area contributed by atoms with Gasteiger partial charge in [0.1, 0.15) is 16.8 Å². The fourth-order valence-electron chi connectivity index (χ4n) is 2.02. The van der Waals surface area contributed by atoms with Crippen LogP contribution in [0.25, 0.3) is 0 Å². The molecule has 1 heterocycles. The third-order valence-electron chi connectivity index (χ3n) is 3.41. The lowest BCUT2D eigenvalue weighted by molar-refractivity contribution is 0.914. The SMILES string of the molecule is Cc1ccc(N(C)c2cc(Cl)nc(C3CC3)n2)cc1. The van der Waals surface area contributed by atoms with Crippen molar-refractivity contribution >= 4 is 23.1 Å². The number of anilines is 2. The number of benzene rings is 1. The number of halogens is 1. The van der Waals surface area contributed by atoms with E-state index in [1.165, 1.54) is 18.4 Å². The number of nitrogens with zero attached hydrogens (tertiary/aromatic N) is 3. The van der Waals surface area contributed by atoms with Crippen LogP contribution in [0.3, 0.4) is 0 Å². The largest absolute Gasteiger partial charge is 0.329 e. The van der Waals surface area contributed by atoms with Crippen molar-refractivity contribution < 1.29 is 0 Å². The van der Waals surface area contributed by atoms with Crippen molar-refractivity contribution in [3.05, 3.63) is 46.9 Å². The van der Waals surface area contributed by atoms with Gasteiger partial charge in [0.2, 0.25) is 0 Å². The summed E-state index contributed by atoms with van der Waals surface area (Å²) < 4.78 is 0. The van der Waals surface area contributed by atoms with E-state index < -0.39 is 0 Å². The molecule has 0 bridgehead atoms. The van der Waals surface area contributed by atoms with Crippen molar-refractivity contribution in [2.24, 2.45) is 0 Å². The third kappa shape index (κ3) is 2.71. The molecule has 1 saturated carbocycles. The Kier molecular flexibility index (Phi) is 3.15. The van der Waals surface area contributed by atoms with Crippen LogP contribution in [0.2, 0.25) is 5.15 Å². The Morgan fingerprint density at radius 2 is 1.84 bits per heavy atom. The van der Waals surface area contributed by atoms with E-state index in [0.29, 0.717) is 11.1 Å². The fraction of sp³-hybridized carbons (Fsp3) is 0.333. The van der Waals surface area contributed by atoms with Gasteiger partial charge >= 0.3 is 0 Å². The zero-order chi connectivity index (χ0) is 13.4. The van der Waals surface area contributed by atoms with E-state index in [1.54, 1.807) is 0 Å². The fourth-order valence-corrected chi connectivity index (χ4v) is 2.20. The molecule has 0 atom stereocenters. The second-order valence-electron chi connectivity index (χ2n) is 5.08. The monoisotopic (exact) mass is 273 g/mol. The number of rotatable bonds is 3. The Morgan fingerprint density at radius 1 is 1.16 bits per heavy atom. The van der Waals surface area contributed by atoms with E-state index in [9.17, 15) is 0 Å². The highest BCUT2D eigenvalue weighted by molar-refractivity contribution is 6.29. The highest BCUT2D eigenvalue weighted by atomic mass is 35.5. The number of aryl methyl sites for hydroxylation is 1. The highest BCUT2D eigenvalue weighted by Crippen LogP contribution is 2.39. The minimum Gasteiger partial charge on any atom is -0.329 e. The van der Waals surface area contributed by atoms with Crippen molar-refractivity contribution in [1.29, 1.82) is 0 Å². The predicted molar refractivity (Wildman–Crippen MR) is 78.3 cm³/mol. The molecule has 1 aromatic carbocycles. The summed E-state index contributed by atoms with van der Waals surface area (Å²) in [6.07, 6.45) is 2.35. The molecular formula is C15H16ClN3. The van der Waals surface area contributed by atoms with E-state index in [4.69, 9.17) is 11.6 Å². The maximum atomic E-state index is 6.10. The topological polar surface area (TPSA) is 29.0 Å². The van der Waals surface area contributed by atoms with Crippen LogP contribution in [0.15, 0.2) is 30.3 Å². The van der Waals surface area contributed by atoms with Gasteiger partial charge in [-0.1, -0.05) is 29.3 Å². The molecule has 1 aliphatic rings. The molecular weight excluding hydrogens is 258 g/mol. The molecule has 4 heteroatoms. The number of aromatic nitrogens is 2. The highest BCUT2D eigenvalue weighted by Gasteiger charge is 2.27. The molecule has 19 heavy (non-hydrogen) atoms. The lowest BCUT2D eigenvalue weighted by atomic mass is 10.2. The van der Waals surface area contributed by atoms with E-state index in [-0.39, 0.29) is 0 Å². The summed E-state index contributed by atoms with van der Waals surface area (Å²) in [5, 5.41) is 0.519. The zero-order valence-corrected chi connectivity index (χ0v) is 11.9. The van der Waals surface area contributed by atoms with Crippen molar-refractivity contribution in [2.75, 3.05) is 11.9 Å². The molecule has 0 amide bonds. The Hall–Kier alpha value is -1.61. The van der Waals surface area contributed by atoms with Crippen molar-refractivity contribution in [3.8, 4) is 0 Å². The van der Waals surface area contributed by atoms with Gasteiger partial charge in [-0.2, -0.15) is 0 Å². The molecule has 0 spiro atoms. The van der Waals surface area contributed by atoms with Crippen LogP contribution in [0.1, 0.15) is 30.1 Å². The molecule has 1 aromatic heterocycles. The average Bonchev–Trinajstić information content (AvgIpc) is 3.22. The molecule has 98 valence electrons. The first-order valence-corrected chi connectivity index (χ1v) is 6.86. The first-order chi connectivity index (χ1) is 9.13. The maximum absolute atomic E-state index is 6.10. The Morgan fingerprint density at radius 3 is 2.47 bits per heavy atom. The number of hydrogen-bond donors (Lipinski definition) is 0. The van der Waals surface area contributed by atoms with Crippen LogP contribution in [0, 0.1) is 6.92 Å². The van der Waals surface area contributed by atoms with Crippen LogP contribution in [-0.2, 0) is 0 Å². The van der Waals surface area contributed by atoms with Gasteiger partial charge in [-0.3, -0.25) is 0 Å². The summed E-state index contributed by atoms with van der Waals surface area (Å²) in [5.41, 5.74) is 2.35. The van der Waals surface area contributed by atoms with Crippen LogP contribution in [-0.4, -0.2) is 17.0 Å². The zero-order valence-electron chi connectivity index (χ0n) is 11.1. The van der Waals surface area contributed by atoms with Crippen LogP contribution in [0.4, 0.5) is 11.5 Å². The minimum atomic E-state index is 0.504. The summed E-state index contributed by atoms with van der Waals surface area (Å²) in [6.45, 7) is 2.08.